The summed E-state index contributed by atoms with van der Waals surface area (Å²) in [6.45, 7) is 14.8. The lowest BCUT2D eigenvalue weighted by molar-refractivity contribution is 0.649. The van der Waals surface area contributed by atoms with Crippen molar-refractivity contribution < 1.29 is 0 Å². The molecular weight excluding hydrogens is 829 g/mol. The molecule has 326 valence electrons. The summed E-state index contributed by atoms with van der Waals surface area (Å²) in [6.07, 6.45) is 0. The predicted molar refractivity (Wildman–Crippen MR) is 295 cm³/mol. The van der Waals surface area contributed by atoms with Crippen LogP contribution in [0.5, 0.6) is 0 Å². The van der Waals surface area contributed by atoms with Gasteiger partial charge in [-0.2, -0.15) is 0 Å². The zero-order chi connectivity index (χ0) is 46.3. The molecule has 0 saturated carbocycles. The van der Waals surface area contributed by atoms with Crippen molar-refractivity contribution in [2.75, 3.05) is 0 Å². The Kier molecular flexibility index (Phi) is 7.53. The molecule has 0 spiro atoms. The first-order valence-electron chi connectivity index (χ1n) is 24.8. The second-order valence-corrected chi connectivity index (χ2v) is 21.9. The Bertz CT molecular complexity index is 3940. The maximum atomic E-state index is 2.61. The molecule has 0 heterocycles. The molecule has 0 amide bonds. The molecule has 0 bridgehead atoms. The molecular formula is C69H50. The van der Waals surface area contributed by atoms with Crippen molar-refractivity contribution in [3.05, 3.63) is 228 Å². The molecule has 0 N–H and O–H groups in total. The summed E-state index contributed by atoms with van der Waals surface area (Å²) >= 11 is 0. The second-order valence-electron chi connectivity index (χ2n) is 21.9. The average Bonchev–Trinajstić information content (AvgIpc) is 3.84. The van der Waals surface area contributed by atoms with Crippen LogP contribution in [-0.4, -0.2) is 0 Å². The van der Waals surface area contributed by atoms with Gasteiger partial charge in [0.2, 0.25) is 0 Å². The van der Waals surface area contributed by atoms with E-state index in [0.717, 1.165) is 0 Å². The van der Waals surface area contributed by atoms with Crippen LogP contribution in [0.2, 0.25) is 0 Å². The zero-order valence-corrected chi connectivity index (χ0v) is 40.0. The first kappa shape index (κ1) is 39.2. The Morgan fingerprint density at radius 1 is 0.203 bits per heavy atom. The molecule has 15 rings (SSSR count). The van der Waals surface area contributed by atoms with Gasteiger partial charge in [0, 0.05) is 16.2 Å². The van der Waals surface area contributed by atoms with E-state index in [1.165, 1.54) is 154 Å². The van der Waals surface area contributed by atoms with Crippen LogP contribution in [0.4, 0.5) is 0 Å². The van der Waals surface area contributed by atoms with E-state index in [2.05, 4.69) is 236 Å². The van der Waals surface area contributed by atoms with Crippen molar-refractivity contribution >= 4 is 64.6 Å². The van der Waals surface area contributed by atoms with Crippen molar-refractivity contribution in [3.8, 4) is 55.6 Å². The Hall–Kier alpha value is -7.80. The van der Waals surface area contributed by atoms with E-state index >= 15 is 0 Å². The highest BCUT2D eigenvalue weighted by Gasteiger charge is 2.46. The van der Waals surface area contributed by atoms with Crippen LogP contribution in [-0.2, 0) is 16.2 Å². The molecule has 0 unspecified atom stereocenters. The second kappa shape index (κ2) is 13.2. The fourth-order valence-electron chi connectivity index (χ4n) is 13.9. The summed E-state index contributed by atoms with van der Waals surface area (Å²) in [5.41, 5.74) is 21.5. The van der Waals surface area contributed by atoms with Crippen molar-refractivity contribution in [1.29, 1.82) is 0 Å². The van der Waals surface area contributed by atoms with Gasteiger partial charge in [-0.25, -0.2) is 0 Å². The highest BCUT2D eigenvalue weighted by atomic mass is 14.5. The fraction of sp³-hybridized carbons (Fsp3) is 0.130. The molecule has 0 fully saturated rings. The lowest BCUT2D eigenvalue weighted by Crippen LogP contribution is -2.17. The van der Waals surface area contributed by atoms with E-state index in [4.69, 9.17) is 0 Å². The van der Waals surface area contributed by atoms with Gasteiger partial charge in [0.1, 0.15) is 0 Å². The SMILES string of the molecule is CC1(C)c2cc3c(cc2-c2cc4c(cc21)-c1c(cc(-c2c5ccccc5cc5ccccc25)c2ccccc12)C4(C)C)C(C)(C)c1cc(-c2c4ccccc4cc4ccccc24)c2ccccc2c1-3. The van der Waals surface area contributed by atoms with Crippen molar-refractivity contribution in [2.24, 2.45) is 0 Å². The molecule has 0 radical (unpaired) electrons. The molecule has 12 aromatic carbocycles. The van der Waals surface area contributed by atoms with Gasteiger partial charge in [-0.15, -0.1) is 0 Å². The van der Waals surface area contributed by atoms with Gasteiger partial charge in [-0.3, -0.25) is 0 Å². The van der Waals surface area contributed by atoms with E-state index in [-0.39, 0.29) is 16.2 Å². The maximum absolute atomic E-state index is 2.61. The number of hydrogen-bond acceptors (Lipinski definition) is 0. The van der Waals surface area contributed by atoms with Gasteiger partial charge >= 0.3 is 0 Å². The number of benzene rings is 12. The van der Waals surface area contributed by atoms with Crippen LogP contribution in [0.15, 0.2) is 194 Å². The minimum atomic E-state index is -0.223. The largest absolute Gasteiger partial charge is 0.0616 e. The monoisotopic (exact) mass is 878 g/mol. The zero-order valence-electron chi connectivity index (χ0n) is 40.0. The van der Waals surface area contributed by atoms with Crippen molar-refractivity contribution in [3.63, 3.8) is 0 Å². The summed E-state index contributed by atoms with van der Waals surface area (Å²) < 4.78 is 0. The summed E-state index contributed by atoms with van der Waals surface area (Å²) in [5, 5.41) is 15.6. The topological polar surface area (TPSA) is 0 Å². The number of rotatable bonds is 2. The highest BCUT2D eigenvalue weighted by Crippen LogP contribution is 2.62. The molecule has 0 saturated heterocycles. The normalized spacial score (nSPS) is 15.4. The average molecular weight is 879 g/mol. The van der Waals surface area contributed by atoms with E-state index in [0.29, 0.717) is 0 Å². The highest BCUT2D eigenvalue weighted by molar-refractivity contribution is 6.21. The van der Waals surface area contributed by atoms with E-state index in [9.17, 15) is 0 Å². The third-order valence-corrected chi connectivity index (χ3v) is 17.4. The molecule has 69 heavy (non-hydrogen) atoms. The summed E-state index contributed by atoms with van der Waals surface area (Å²) in [5.74, 6) is 0. The van der Waals surface area contributed by atoms with Crippen LogP contribution >= 0.6 is 0 Å². The van der Waals surface area contributed by atoms with E-state index in [1.807, 2.05) is 0 Å². The van der Waals surface area contributed by atoms with Crippen LogP contribution in [0.25, 0.3) is 120 Å². The van der Waals surface area contributed by atoms with Crippen LogP contribution in [0.3, 0.4) is 0 Å². The molecule has 3 aliphatic rings. The van der Waals surface area contributed by atoms with Gasteiger partial charge in [0.25, 0.3) is 0 Å². The Morgan fingerprint density at radius 3 is 0.797 bits per heavy atom. The predicted octanol–water partition coefficient (Wildman–Crippen LogP) is 18.9. The Balaban J connectivity index is 0.936. The third-order valence-electron chi connectivity index (χ3n) is 17.4. The lowest BCUT2D eigenvalue weighted by Gasteiger charge is -2.25. The quantitative estimate of drug-likeness (QED) is 0.152. The molecule has 3 aliphatic carbocycles. The molecule has 0 nitrogen and oxygen atoms in total. The molecule has 12 aromatic rings. The fourth-order valence-corrected chi connectivity index (χ4v) is 13.9. The minimum Gasteiger partial charge on any atom is -0.0616 e. The molecule has 0 aliphatic heterocycles. The van der Waals surface area contributed by atoms with Crippen LogP contribution in [0, 0.1) is 0 Å². The van der Waals surface area contributed by atoms with E-state index < -0.39 is 0 Å². The number of fused-ring (bicyclic) bond motifs is 17. The lowest BCUT2D eigenvalue weighted by atomic mass is 9.78. The number of hydrogen-bond donors (Lipinski definition) is 0. The van der Waals surface area contributed by atoms with Gasteiger partial charge in [0.05, 0.1) is 0 Å². The van der Waals surface area contributed by atoms with E-state index in [1.54, 1.807) is 0 Å². The Morgan fingerprint density at radius 2 is 0.449 bits per heavy atom. The van der Waals surface area contributed by atoms with Gasteiger partial charge in [0.15, 0.2) is 0 Å². The smallest absolute Gasteiger partial charge is 0.0159 e. The van der Waals surface area contributed by atoms with Crippen LogP contribution in [0.1, 0.15) is 74.9 Å². The minimum absolute atomic E-state index is 0.205. The standard InChI is InChI=1S/C69H50/c1-67(2)57-37-55-59(68(3,4)61-35-53(47-27-15-17-29-49(47)65(55)61)63-43-23-11-7-19-39(43)31-40-20-8-12-24-44(40)63)33-51(57)52-34-60-56(38-58(52)67)66-50-30-18-16-28-48(50)54(36-62(66)69(60,5)6)64-45-25-13-9-21-41(45)32-42-22-10-14-26-46(42)64/h7-38H,1-6H3. The Labute approximate surface area is 403 Å². The van der Waals surface area contributed by atoms with Gasteiger partial charge < -0.3 is 0 Å². The van der Waals surface area contributed by atoms with Gasteiger partial charge in [-0.1, -0.05) is 187 Å². The molecule has 0 aromatic heterocycles. The first-order valence-corrected chi connectivity index (χ1v) is 24.8. The molecule has 0 heteroatoms. The summed E-state index contributed by atoms with van der Waals surface area (Å²) in [4.78, 5) is 0. The first-order chi connectivity index (χ1) is 33.5. The third kappa shape index (κ3) is 4.99. The van der Waals surface area contributed by atoms with Crippen molar-refractivity contribution in [1.82, 2.24) is 0 Å². The summed E-state index contributed by atoms with van der Waals surface area (Å²) in [6, 6.07) is 74.5. The maximum Gasteiger partial charge on any atom is 0.0159 e. The summed E-state index contributed by atoms with van der Waals surface area (Å²) in [7, 11) is 0. The van der Waals surface area contributed by atoms with Gasteiger partial charge in [-0.05, 0) is 202 Å². The van der Waals surface area contributed by atoms with Crippen molar-refractivity contribution in [2.45, 2.75) is 57.8 Å². The van der Waals surface area contributed by atoms with Crippen LogP contribution < -0.4 is 0 Å². The molecule has 0 atom stereocenters.